The minimum Gasteiger partial charge on any atom is -0.368 e. The molecule has 0 unspecified atom stereocenters. The first-order valence-electron chi connectivity index (χ1n) is 6.83. The van der Waals surface area contributed by atoms with Gasteiger partial charge in [-0.3, -0.25) is 0 Å². The molecular weight excluding hydrogens is 234 g/mol. The molecule has 1 heterocycles. The molecule has 0 atom stereocenters. The topological polar surface area (TPSA) is 51.8 Å². The number of aromatic nitrogens is 2. The van der Waals surface area contributed by atoms with Crippen molar-refractivity contribution in [1.82, 2.24) is 9.97 Å². The molecule has 3 nitrogen and oxygen atoms in total. The maximum atomic E-state index is 5.86. The molecule has 3 heteroatoms. The highest BCUT2D eigenvalue weighted by Crippen LogP contribution is 2.33. The third kappa shape index (κ3) is 2.60. The second-order valence-corrected chi connectivity index (χ2v) is 5.50. The predicted octanol–water partition coefficient (Wildman–Crippen LogP) is 3.30. The number of anilines is 1. The van der Waals surface area contributed by atoms with Gasteiger partial charge in [0.15, 0.2) is 0 Å². The number of hydrogen-bond acceptors (Lipinski definition) is 3. The zero-order valence-electron chi connectivity index (χ0n) is 11.5. The number of nitrogens with zero attached hydrogens (tertiary/aromatic N) is 2. The summed E-state index contributed by atoms with van der Waals surface area (Å²) in [4.78, 5) is 8.76. The molecule has 1 aromatic heterocycles. The van der Waals surface area contributed by atoms with Crippen LogP contribution in [-0.2, 0) is 6.42 Å². The van der Waals surface area contributed by atoms with Gasteiger partial charge in [-0.1, -0.05) is 18.2 Å². The average molecular weight is 253 g/mol. The van der Waals surface area contributed by atoms with Crippen molar-refractivity contribution < 1.29 is 0 Å². The number of nitrogens with two attached hydrogens (primary N) is 1. The van der Waals surface area contributed by atoms with E-state index in [1.165, 1.54) is 24.0 Å². The highest BCUT2D eigenvalue weighted by Gasteiger charge is 2.22. The van der Waals surface area contributed by atoms with Crippen LogP contribution in [0, 0.1) is 19.8 Å². The summed E-state index contributed by atoms with van der Waals surface area (Å²) in [5.41, 5.74) is 11.6. The molecule has 2 N–H and O–H groups in total. The minimum absolute atomic E-state index is 0.383. The second-order valence-electron chi connectivity index (χ2n) is 5.50. The summed E-state index contributed by atoms with van der Waals surface area (Å²) in [6.45, 7) is 4.25. The van der Waals surface area contributed by atoms with Crippen molar-refractivity contribution in [2.45, 2.75) is 33.1 Å². The van der Waals surface area contributed by atoms with Crippen molar-refractivity contribution in [2.75, 3.05) is 5.73 Å². The maximum Gasteiger partial charge on any atom is 0.220 e. The molecule has 0 radical (unpaired) electrons. The van der Waals surface area contributed by atoms with Gasteiger partial charge in [-0.15, -0.1) is 0 Å². The molecule has 1 aliphatic carbocycles. The van der Waals surface area contributed by atoms with Crippen LogP contribution in [0.2, 0.25) is 0 Å². The third-order valence-electron chi connectivity index (χ3n) is 3.87. The van der Waals surface area contributed by atoms with Crippen LogP contribution in [-0.4, -0.2) is 9.97 Å². The van der Waals surface area contributed by atoms with Gasteiger partial charge in [-0.25, -0.2) is 9.97 Å². The first kappa shape index (κ1) is 12.2. The summed E-state index contributed by atoms with van der Waals surface area (Å²) < 4.78 is 0. The Bertz CT molecular complexity index is 615. The Labute approximate surface area is 113 Å². The number of benzene rings is 1. The summed E-state index contributed by atoms with van der Waals surface area (Å²) in [6, 6.07) is 8.38. The van der Waals surface area contributed by atoms with Gasteiger partial charge >= 0.3 is 0 Å². The number of nitrogen functional groups attached to an aromatic ring is 1. The molecule has 1 aliphatic rings. The molecule has 0 spiro atoms. The van der Waals surface area contributed by atoms with E-state index in [0.29, 0.717) is 5.95 Å². The van der Waals surface area contributed by atoms with Gasteiger partial charge in [-0.05, 0) is 56.2 Å². The van der Waals surface area contributed by atoms with E-state index >= 15 is 0 Å². The van der Waals surface area contributed by atoms with Gasteiger partial charge in [0.1, 0.15) is 0 Å². The molecule has 0 aliphatic heterocycles. The van der Waals surface area contributed by atoms with Crippen LogP contribution in [0.5, 0.6) is 0 Å². The molecule has 2 aromatic rings. The van der Waals surface area contributed by atoms with Crippen LogP contribution >= 0.6 is 0 Å². The van der Waals surface area contributed by atoms with E-state index in [1.54, 1.807) is 0 Å². The van der Waals surface area contributed by atoms with Crippen molar-refractivity contribution in [3.63, 3.8) is 0 Å². The van der Waals surface area contributed by atoms with Crippen molar-refractivity contribution >= 4 is 5.95 Å². The summed E-state index contributed by atoms with van der Waals surface area (Å²) in [7, 11) is 0. The fourth-order valence-corrected chi connectivity index (χ4v) is 2.41. The first-order chi connectivity index (χ1) is 9.13. The van der Waals surface area contributed by atoms with Gasteiger partial charge in [-0.2, -0.15) is 0 Å². The number of aryl methyl sites for hydroxylation is 1. The highest BCUT2D eigenvalue weighted by molar-refractivity contribution is 5.66. The van der Waals surface area contributed by atoms with E-state index in [2.05, 4.69) is 48.1 Å². The van der Waals surface area contributed by atoms with Crippen LogP contribution in [0.25, 0.3) is 11.3 Å². The van der Waals surface area contributed by atoms with Crippen LogP contribution in [0.3, 0.4) is 0 Å². The Hall–Kier alpha value is -1.90. The van der Waals surface area contributed by atoms with E-state index in [1.807, 2.05) is 0 Å². The maximum absolute atomic E-state index is 5.86. The molecule has 98 valence electrons. The molecule has 0 bridgehead atoms. The van der Waals surface area contributed by atoms with Gasteiger partial charge < -0.3 is 5.73 Å². The Kier molecular flexibility index (Phi) is 2.97. The fraction of sp³-hybridized carbons (Fsp3) is 0.375. The zero-order valence-corrected chi connectivity index (χ0v) is 11.5. The lowest BCUT2D eigenvalue weighted by atomic mass is 10.00. The molecule has 0 amide bonds. The SMILES string of the molecule is Cc1cccc(-c2cc(CC3CC3)nc(N)n2)c1C. The van der Waals surface area contributed by atoms with E-state index in [4.69, 9.17) is 5.73 Å². The van der Waals surface area contributed by atoms with Gasteiger partial charge in [0.2, 0.25) is 5.95 Å². The Morgan fingerprint density at radius 3 is 2.74 bits per heavy atom. The molecule has 19 heavy (non-hydrogen) atoms. The van der Waals surface area contributed by atoms with E-state index in [-0.39, 0.29) is 0 Å². The Morgan fingerprint density at radius 1 is 1.21 bits per heavy atom. The molecule has 0 saturated heterocycles. The van der Waals surface area contributed by atoms with Crippen molar-refractivity contribution in [3.8, 4) is 11.3 Å². The van der Waals surface area contributed by atoms with E-state index in [9.17, 15) is 0 Å². The van der Waals surface area contributed by atoms with Gasteiger partial charge in [0.25, 0.3) is 0 Å². The summed E-state index contributed by atoms with van der Waals surface area (Å²) >= 11 is 0. The lowest BCUT2D eigenvalue weighted by molar-refractivity contribution is 0.802. The average Bonchev–Trinajstić information content (AvgIpc) is 3.16. The molecule has 1 fully saturated rings. The summed E-state index contributed by atoms with van der Waals surface area (Å²) in [6.07, 6.45) is 3.68. The molecule has 3 rings (SSSR count). The normalized spacial score (nSPS) is 14.6. The van der Waals surface area contributed by atoms with E-state index < -0.39 is 0 Å². The lowest BCUT2D eigenvalue weighted by Crippen LogP contribution is -2.02. The van der Waals surface area contributed by atoms with E-state index in [0.717, 1.165) is 29.3 Å². The second kappa shape index (κ2) is 4.65. The monoisotopic (exact) mass is 253 g/mol. The number of rotatable bonds is 3. The van der Waals surface area contributed by atoms with Crippen LogP contribution in [0.4, 0.5) is 5.95 Å². The predicted molar refractivity (Wildman–Crippen MR) is 77.8 cm³/mol. The van der Waals surface area contributed by atoms with Crippen molar-refractivity contribution in [1.29, 1.82) is 0 Å². The lowest BCUT2D eigenvalue weighted by Gasteiger charge is -2.10. The van der Waals surface area contributed by atoms with Crippen LogP contribution in [0.15, 0.2) is 24.3 Å². The van der Waals surface area contributed by atoms with Crippen molar-refractivity contribution in [2.24, 2.45) is 5.92 Å². The first-order valence-corrected chi connectivity index (χ1v) is 6.83. The van der Waals surface area contributed by atoms with Crippen molar-refractivity contribution in [3.05, 3.63) is 41.1 Å². The Balaban J connectivity index is 2.03. The summed E-state index contributed by atoms with van der Waals surface area (Å²) in [5, 5.41) is 0. The minimum atomic E-state index is 0.383. The largest absolute Gasteiger partial charge is 0.368 e. The zero-order chi connectivity index (χ0) is 13.4. The smallest absolute Gasteiger partial charge is 0.220 e. The standard InChI is InChI=1S/C16H19N3/c1-10-4-3-5-14(11(10)2)15-9-13(8-12-6-7-12)18-16(17)19-15/h3-5,9,12H,6-8H2,1-2H3,(H2,17,18,19). The fourth-order valence-electron chi connectivity index (χ4n) is 2.41. The van der Waals surface area contributed by atoms with Crippen LogP contribution < -0.4 is 5.73 Å². The molecule has 1 saturated carbocycles. The highest BCUT2D eigenvalue weighted by atomic mass is 15.0. The quantitative estimate of drug-likeness (QED) is 0.913. The van der Waals surface area contributed by atoms with Crippen LogP contribution in [0.1, 0.15) is 29.7 Å². The third-order valence-corrected chi connectivity index (χ3v) is 3.87. The summed E-state index contributed by atoms with van der Waals surface area (Å²) in [5.74, 6) is 1.19. The molecular formula is C16H19N3. The molecule has 1 aromatic carbocycles. The van der Waals surface area contributed by atoms with Gasteiger partial charge in [0.05, 0.1) is 5.69 Å². The Morgan fingerprint density at radius 2 is 2.00 bits per heavy atom. The van der Waals surface area contributed by atoms with Gasteiger partial charge in [0, 0.05) is 11.3 Å². The number of hydrogen-bond donors (Lipinski definition) is 1.